The molecular weight excluding hydrogens is 449 g/mol. The largest absolute Gasteiger partial charge is 0.510 e. The van der Waals surface area contributed by atoms with E-state index in [1.54, 1.807) is 14.1 Å². The smallest absolute Gasteiger partial charge is 0.255 e. The number of aliphatic hydroxyl groups is 3. The Kier molecular flexibility index (Phi) is 5.26. The number of phenolic OH excluding ortho intramolecular Hbond substituents is 1. The van der Waals surface area contributed by atoms with E-state index in [2.05, 4.69) is 0 Å². The zero-order chi connectivity index (χ0) is 25.4. The van der Waals surface area contributed by atoms with Crippen LogP contribution in [0.5, 0.6) is 5.75 Å². The van der Waals surface area contributed by atoms with E-state index in [4.69, 9.17) is 5.73 Å². The SMILES string of the molecule is CN(C)c1cc(F)c2c(c1O)C(=O)C1=C(O)[C@]3(O)C(=O)C(C(N)=O)=C(O)[C@@H](N(C)C)[C@@H]3C[C@@H]1C2. The molecule has 0 unspecified atom stereocenters. The fraction of sp³-hybridized carbons (Fsp3) is 0.435. The summed E-state index contributed by atoms with van der Waals surface area (Å²) in [5.74, 6) is -8.36. The van der Waals surface area contributed by atoms with E-state index in [1.165, 1.54) is 23.9 Å². The van der Waals surface area contributed by atoms with Crippen LogP contribution < -0.4 is 10.6 Å². The number of amides is 1. The van der Waals surface area contributed by atoms with Crippen LogP contribution in [0.3, 0.4) is 0 Å². The molecule has 10 nitrogen and oxygen atoms in total. The number of carbonyl (C=O) groups is 3. The number of nitrogens with two attached hydrogens (primary N) is 1. The van der Waals surface area contributed by atoms with Crippen molar-refractivity contribution in [3.8, 4) is 5.75 Å². The van der Waals surface area contributed by atoms with Gasteiger partial charge in [-0.15, -0.1) is 0 Å². The minimum absolute atomic E-state index is 0.0405. The number of hydrogen-bond acceptors (Lipinski definition) is 9. The van der Waals surface area contributed by atoms with Crippen LogP contribution in [0.2, 0.25) is 0 Å². The van der Waals surface area contributed by atoms with Crippen LogP contribution in [0.4, 0.5) is 10.1 Å². The summed E-state index contributed by atoms with van der Waals surface area (Å²) in [6.07, 6.45) is -0.191. The highest BCUT2D eigenvalue weighted by Crippen LogP contribution is 2.53. The predicted molar refractivity (Wildman–Crippen MR) is 118 cm³/mol. The van der Waals surface area contributed by atoms with Crippen LogP contribution in [0.25, 0.3) is 0 Å². The van der Waals surface area contributed by atoms with Crippen LogP contribution in [0, 0.1) is 17.7 Å². The molecule has 3 aliphatic rings. The van der Waals surface area contributed by atoms with Crippen LogP contribution in [-0.2, 0) is 16.0 Å². The summed E-state index contributed by atoms with van der Waals surface area (Å²) in [5, 5.41) is 44.1. The number of rotatable bonds is 3. The van der Waals surface area contributed by atoms with E-state index >= 15 is 0 Å². The number of nitrogens with zero attached hydrogens (tertiary/aromatic N) is 2. The Labute approximate surface area is 194 Å². The van der Waals surface area contributed by atoms with Gasteiger partial charge in [0.25, 0.3) is 5.91 Å². The Balaban J connectivity index is 1.98. The monoisotopic (exact) mass is 475 g/mol. The molecule has 0 heterocycles. The summed E-state index contributed by atoms with van der Waals surface area (Å²) < 4.78 is 15.0. The quantitative estimate of drug-likeness (QED) is 0.387. The molecule has 11 heteroatoms. The fourth-order valence-electron chi connectivity index (χ4n) is 5.60. The van der Waals surface area contributed by atoms with Crippen molar-refractivity contribution in [2.45, 2.75) is 24.5 Å². The number of aromatic hydroxyl groups is 1. The summed E-state index contributed by atoms with van der Waals surface area (Å²) in [6.45, 7) is 0. The molecule has 0 radical (unpaired) electrons. The van der Waals surface area contributed by atoms with Crippen molar-refractivity contribution < 1.29 is 39.2 Å². The number of anilines is 1. The minimum Gasteiger partial charge on any atom is -0.510 e. The lowest BCUT2D eigenvalue weighted by atomic mass is 9.58. The average Bonchev–Trinajstić information content (AvgIpc) is 2.72. The van der Waals surface area contributed by atoms with Crippen LogP contribution in [-0.4, -0.2) is 82.6 Å². The summed E-state index contributed by atoms with van der Waals surface area (Å²) in [5.41, 5.74) is 1.00. The second-order valence-corrected chi connectivity index (χ2v) is 9.44. The lowest BCUT2D eigenvalue weighted by molar-refractivity contribution is -0.148. The van der Waals surface area contributed by atoms with Gasteiger partial charge >= 0.3 is 0 Å². The standard InChI is InChI=1S/C23H26FN3O7/c1-26(2)12-7-11(24)9-5-8-6-10-16(27(3)4)19(30)15(22(25)33)21(32)23(10,34)20(31)13(8)18(29)14(9)17(12)28/h7-8,10,16,28,30-31,34H,5-6H2,1-4H3,(H2,25,33)/t8-,10-,16-,23-/m0/s1. The maximum atomic E-state index is 15.0. The number of carbonyl (C=O) groups excluding carboxylic acids is 3. The molecule has 0 bridgehead atoms. The number of Topliss-reactive ketones (excluding diaryl/α,β-unsaturated/α-hetero) is 2. The van der Waals surface area contributed by atoms with Gasteiger partial charge in [0.15, 0.2) is 17.1 Å². The predicted octanol–water partition coefficient (Wildman–Crippen LogP) is 0.326. The molecular formula is C23H26FN3O7. The average molecular weight is 475 g/mol. The number of likely N-dealkylation sites (N-methyl/N-ethyl adjacent to an activating group) is 1. The molecule has 6 N–H and O–H groups in total. The molecule has 1 amide bonds. The number of phenols is 1. The third-order valence-corrected chi connectivity index (χ3v) is 7.13. The fourth-order valence-corrected chi connectivity index (χ4v) is 5.60. The third kappa shape index (κ3) is 2.90. The lowest BCUT2D eigenvalue weighted by Gasteiger charge is -2.50. The second kappa shape index (κ2) is 7.54. The molecule has 1 aromatic carbocycles. The van der Waals surface area contributed by atoms with Crippen LogP contribution in [0.15, 0.2) is 28.7 Å². The Morgan fingerprint density at radius 3 is 2.32 bits per heavy atom. The molecule has 0 saturated carbocycles. The molecule has 4 atom stereocenters. The maximum absolute atomic E-state index is 15.0. The van der Waals surface area contributed by atoms with E-state index in [0.717, 1.165) is 6.07 Å². The van der Waals surface area contributed by atoms with Gasteiger partial charge in [0.05, 0.1) is 17.3 Å². The summed E-state index contributed by atoms with van der Waals surface area (Å²) in [6, 6.07) is 0.00935. The first-order chi connectivity index (χ1) is 15.7. The minimum atomic E-state index is -2.72. The molecule has 0 aromatic heterocycles. The molecule has 1 aromatic rings. The Bertz CT molecular complexity index is 1220. The molecule has 0 spiro atoms. The zero-order valence-electron chi connectivity index (χ0n) is 19.1. The van der Waals surface area contributed by atoms with Gasteiger partial charge < -0.3 is 31.1 Å². The van der Waals surface area contributed by atoms with Gasteiger partial charge in [-0.1, -0.05) is 0 Å². The van der Waals surface area contributed by atoms with Crippen molar-refractivity contribution in [3.05, 3.63) is 45.7 Å². The molecule has 4 rings (SSSR count). The Morgan fingerprint density at radius 1 is 1.18 bits per heavy atom. The summed E-state index contributed by atoms with van der Waals surface area (Å²) >= 11 is 0. The molecule has 34 heavy (non-hydrogen) atoms. The van der Waals surface area contributed by atoms with Crippen molar-refractivity contribution in [3.63, 3.8) is 0 Å². The van der Waals surface area contributed by atoms with Crippen LogP contribution >= 0.6 is 0 Å². The number of allylic oxidation sites excluding steroid dienone is 1. The number of fused-ring (bicyclic) bond motifs is 3. The van der Waals surface area contributed by atoms with Crippen molar-refractivity contribution in [1.29, 1.82) is 0 Å². The topological polar surface area (TPSA) is 165 Å². The lowest BCUT2D eigenvalue weighted by Crippen LogP contribution is -2.63. The number of aliphatic hydroxyl groups excluding tert-OH is 2. The van der Waals surface area contributed by atoms with E-state index in [1.807, 2.05) is 0 Å². The second-order valence-electron chi connectivity index (χ2n) is 9.44. The molecule has 182 valence electrons. The van der Waals surface area contributed by atoms with E-state index in [9.17, 15) is 39.2 Å². The molecule has 0 fully saturated rings. The molecule has 0 aliphatic heterocycles. The number of benzene rings is 1. The van der Waals surface area contributed by atoms with Crippen LogP contribution in [0.1, 0.15) is 22.3 Å². The van der Waals surface area contributed by atoms with Crippen molar-refractivity contribution >= 4 is 23.2 Å². The first kappa shape index (κ1) is 23.7. The number of ketones is 2. The first-order valence-electron chi connectivity index (χ1n) is 10.6. The van der Waals surface area contributed by atoms with Gasteiger partial charge in [-0.25, -0.2) is 4.39 Å². The number of primary amides is 1. The van der Waals surface area contributed by atoms with Crippen molar-refractivity contribution in [2.24, 2.45) is 17.6 Å². The maximum Gasteiger partial charge on any atom is 0.255 e. The highest BCUT2D eigenvalue weighted by Gasteiger charge is 2.63. The van der Waals surface area contributed by atoms with Crippen molar-refractivity contribution in [1.82, 2.24) is 4.90 Å². The normalized spacial score (nSPS) is 28.6. The van der Waals surface area contributed by atoms with E-state index in [0.29, 0.717) is 0 Å². The number of halogens is 1. The molecule has 3 aliphatic carbocycles. The van der Waals surface area contributed by atoms with E-state index < -0.39 is 69.6 Å². The van der Waals surface area contributed by atoms with Gasteiger partial charge in [-0.3, -0.25) is 19.3 Å². The van der Waals surface area contributed by atoms with Gasteiger partial charge in [-0.2, -0.15) is 0 Å². The van der Waals surface area contributed by atoms with Gasteiger partial charge in [0.1, 0.15) is 22.9 Å². The Morgan fingerprint density at radius 2 is 1.79 bits per heavy atom. The summed E-state index contributed by atoms with van der Waals surface area (Å²) in [7, 11) is 6.17. The van der Waals surface area contributed by atoms with Gasteiger partial charge in [0.2, 0.25) is 5.78 Å². The Hall–Kier alpha value is -3.44. The van der Waals surface area contributed by atoms with Gasteiger partial charge in [0, 0.05) is 37.2 Å². The highest BCUT2D eigenvalue weighted by molar-refractivity contribution is 6.24. The highest BCUT2D eigenvalue weighted by atomic mass is 19.1. The molecule has 0 saturated heterocycles. The zero-order valence-corrected chi connectivity index (χ0v) is 19.1. The van der Waals surface area contributed by atoms with Crippen molar-refractivity contribution in [2.75, 3.05) is 33.1 Å². The third-order valence-electron chi connectivity index (χ3n) is 7.13. The number of hydrogen-bond donors (Lipinski definition) is 5. The van der Waals surface area contributed by atoms with E-state index in [-0.39, 0.29) is 35.2 Å². The summed E-state index contributed by atoms with van der Waals surface area (Å²) in [4.78, 5) is 41.5. The van der Waals surface area contributed by atoms with Gasteiger partial charge in [-0.05, 0) is 32.9 Å². The first-order valence-corrected chi connectivity index (χ1v) is 10.6.